The lowest BCUT2D eigenvalue weighted by molar-refractivity contribution is 0.0290. The van der Waals surface area contributed by atoms with Crippen LogP contribution in [0.5, 0.6) is 0 Å². The van der Waals surface area contributed by atoms with Gasteiger partial charge in [-0.05, 0) is 54.7 Å². The van der Waals surface area contributed by atoms with E-state index in [1.807, 2.05) is 12.1 Å². The molecule has 6 nitrogen and oxygen atoms in total. The summed E-state index contributed by atoms with van der Waals surface area (Å²) in [4.78, 5) is 16.6. The van der Waals surface area contributed by atoms with Crippen LogP contribution in [0.25, 0.3) is 5.57 Å². The minimum atomic E-state index is -0.482. The Labute approximate surface area is 190 Å². The number of carbonyl (C=O) groups is 1. The first-order valence-electron chi connectivity index (χ1n) is 11.4. The molecule has 0 aromatic heterocycles. The second kappa shape index (κ2) is 10.4. The Hall–Kier alpha value is -2.51. The van der Waals surface area contributed by atoms with Gasteiger partial charge in [-0.2, -0.15) is 0 Å². The average molecular weight is 436 g/mol. The standard InChI is InChI=1S/C26H33N3O3/c1-19-15-28(17-21-6-8-24(9-7-21)26(30)27-31)16-20(2)29(19)18-22-4-3-5-25(14-22)23-10-12-32-13-11-23/h3-10,14,19-20,31H,11-13,15-18H2,1-2H3,(H,27,30). The number of hydroxylamine groups is 1. The van der Waals surface area contributed by atoms with Gasteiger partial charge in [0.05, 0.1) is 13.2 Å². The minimum Gasteiger partial charge on any atom is -0.377 e. The topological polar surface area (TPSA) is 65.0 Å². The zero-order valence-corrected chi connectivity index (χ0v) is 19.0. The first-order chi connectivity index (χ1) is 15.5. The molecule has 2 aromatic carbocycles. The number of nitrogens with zero attached hydrogens (tertiary/aromatic N) is 2. The molecule has 2 unspecified atom stereocenters. The Morgan fingerprint density at radius 2 is 1.81 bits per heavy atom. The van der Waals surface area contributed by atoms with Crippen molar-refractivity contribution in [3.05, 3.63) is 76.9 Å². The van der Waals surface area contributed by atoms with Crippen LogP contribution in [-0.2, 0) is 17.8 Å². The fourth-order valence-electron chi connectivity index (χ4n) is 4.86. The summed E-state index contributed by atoms with van der Waals surface area (Å²) in [6.07, 6.45) is 3.19. The Bertz CT molecular complexity index is 945. The summed E-state index contributed by atoms with van der Waals surface area (Å²) < 4.78 is 5.46. The van der Waals surface area contributed by atoms with E-state index in [1.165, 1.54) is 22.3 Å². The van der Waals surface area contributed by atoms with Crippen LogP contribution in [-0.4, -0.2) is 59.3 Å². The van der Waals surface area contributed by atoms with E-state index in [0.29, 0.717) is 24.3 Å². The molecule has 6 heteroatoms. The second-order valence-corrected chi connectivity index (χ2v) is 8.96. The Morgan fingerprint density at radius 1 is 1.06 bits per heavy atom. The number of amides is 1. The molecule has 1 amide bonds. The lowest BCUT2D eigenvalue weighted by Gasteiger charge is -2.44. The number of hydrogen-bond acceptors (Lipinski definition) is 5. The molecule has 0 spiro atoms. The van der Waals surface area contributed by atoms with E-state index in [1.54, 1.807) is 17.6 Å². The van der Waals surface area contributed by atoms with E-state index in [9.17, 15) is 4.79 Å². The van der Waals surface area contributed by atoms with E-state index < -0.39 is 5.91 Å². The summed E-state index contributed by atoms with van der Waals surface area (Å²) in [5.41, 5.74) is 7.39. The number of carbonyl (C=O) groups excluding carboxylic acids is 1. The monoisotopic (exact) mass is 435 g/mol. The van der Waals surface area contributed by atoms with Crippen molar-refractivity contribution in [2.45, 2.75) is 45.4 Å². The van der Waals surface area contributed by atoms with Gasteiger partial charge in [0.15, 0.2) is 0 Å². The van der Waals surface area contributed by atoms with Gasteiger partial charge >= 0.3 is 0 Å². The highest BCUT2D eigenvalue weighted by atomic mass is 16.5. The highest BCUT2D eigenvalue weighted by Gasteiger charge is 2.29. The summed E-state index contributed by atoms with van der Waals surface area (Å²) >= 11 is 0. The maximum Gasteiger partial charge on any atom is 0.274 e. The van der Waals surface area contributed by atoms with Crippen molar-refractivity contribution in [2.24, 2.45) is 0 Å². The molecule has 2 heterocycles. The maximum absolute atomic E-state index is 11.5. The van der Waals surface area contributed by atoms with E-state index in [0.717, 1.165) is 39.2 Å². The van der Waals surface area contributed by atoms with Crippen molar-refractivity contribution in [1.82, 2.24) is 15.3 Å². The molecule has 32 heavy (non-hydrogen) atoms. The van der Waals surface area contributed by atoms with E-state index >= 15 is 0 Å². The van der Waals surface area contributed by atoms with Crippen molar-refractivity contribution < 1.29 is 14.7 Å². The summed E-state index contributed by atoms with van der Waals surface area (Å²) in [6, 6.07) is 17.3. The highest BCUT2D eigenvalue weighted by molar-refractivity contribution is 5.93. The van der Waals surface area contributed by atoms with Gasteiger partial charge in [0.2, 0.25) is 0 Å². The van der Waals surface area contributed by atoms with Crippen LogP contribution in [0.1, 0.15) is 47.3 Å². The third-order valence-electron chi connectivity index (χ3n) is 6.53. The number of ether oxygens (including phenoxy) is 1. The van der Waals surface area contributed by atoms with Gasteiger partial charge in [-0.15, -0.1) is 0 Å². The molecular formula is C26H33N3O3. The first kappa shape index (κ1) is 22.7. The largest absolute Gasteiger partial charge is 0.377 e. The molecule has 0 radical (unpaired) electrons. The zero-order valence-electron chi connectivity index (χ0n) is 19.0. The number of rotatable bonds is 6. The second-order valence-electron chi connectivity index (χ2n) is 8.96. The van der Waals surface area contributed by atoms with Crippen LogP contribution in [0.2, 0.25) is 0 Å². The van der Waals surface area contributed by atoms with Gasteiger partial charge in [-0.1, -0.05) is 42.5 Å². The Kier molecular flexibility index (Phi) is 7.37. The predicted octanol–water partition coefficient (Wildman–Crippen LogP) is 3.70. The highest BCUT2D eigenvalue weighted by Crippen LogP contribution is 2.25. The first-order valence-corrected chi connectivity index (χ1v) is 11.4. The fourth-order valence-corrected chi connectivity index (χ4v) is 4.86. The molecule has 0 bridgehead atoms. The molecule has 2 N–H and O–H groups in total. The molecule has 4 rings (SSSR count). The molecule has 0 aliphatic carbocycles. The third kappa shape index (κ3) is 5.45. The van der Waals surface area contributed by atoms with Crippen LogP contribution < -0.4 is 5.48 Å². The minimum absolute atomic E-state index is 0.448. The predicted molar refractivity (Wildman–Crippen MR) is 125 cm³/mol. The van der Waals surface area contributed by atoms with Crippen molar-refractivity contribution >= 4 is 11.5 Å². The van der Waals surface area contributed by atoms with Crippen LogP contribution in [0, 0.1) is 0 Å². The summed E-state index contributed by atoms with van der Waals surface area (Å²) in [6.45, 7) is 9.96. The molecule has 1 fully saturated rings. The van der Waals surface area contributed by atoms with Gasteiger partial charge in [0, 0.05) is 43.8 Å². The number of piperazine rings is 1. The molecule has 1 saturated heterocycles. The van der Waals surface area contributed by atoms with Gasteiger partial charge in [-0.25, -0.2) is 5.48 Å². The molecular weight excluding hydrogens is 402 g/mol. The molecule has 2 aliphatic rings. The SMILES string of the molecule is CC1CN(Cc2ccc(C(=O)NO)cc2)CC(C)N1Cc1cccc(C2=CCOCC2)c1. The summed E-state index contributed by atoms with van der Waals surface area (Å²) in [5.74, 6) is -0.482. The van der Waals surface area contributed by atoms with Gasteiger partial charge in [0.1, 0.15) is 0 Å². The van der Waals surface area contributed by atoms with Gasteiger partial charge in [-0.3, -0.25) is 19.8 Å². The average Bonchev–Trinajstić information content (AvgIpc) is 2.82. The lowest BCUT2D eigenvalue weighted by atomic mass is 9.98. The quantitative estimate of drug-likeness (QED) is 0.535. The third-order valence-corrected chi connectivity index (χ3v) is 6.53. The Morgan fingerprint density at radius 3 is 2.47 bits per heavy atom. The number of hydrogen-bond donors (Lipinski definition) is 2. The number of benzene rings is 2. The summed E-state index contributed by atoms with van der Waals surface area (Å²) in [5, 5.41) is 8.77. The lowest BCUT2D eigenvalue weighted by Crippen LogP contribution is -2.55. The molecule has 2 aliphatic heterocycles. The van der Waals surface area contributed by atoms with Gasteiger partial charge < -0.3 is 4.74 Å². The van der Waals surface area contributed by atoms with Crippen molar-refractivity contribution in [2.75, 3.05) is 26.3 Å². The number of nitrogens with one attached hydrogen (secondary N) is 1. The van der Waals surface area contributed by atoms with E-state index in [-0.39, 0.29) is 0 Å². The maximum atomic E-state index is 11.5. The molecule has 170 valence electrons. The Balaban J connectivity index is 1.37. The molecule has 2 aromatic rings. The molecule has 2 atom stereocenters. The van der Waals surface area contributed by atoms with Crippen LogP contribution >= 0.6 is 0 Å². The summed E-state index contributed by atoms with van der Waals surface area (Å²) in [7, 11) is 0. The normalized spacial score (nSPS) is 22.4. The van der Waals surface area contributed by atoms with Crippen molar-refractivity contribution in [1.29, 1.82) is 0 Å². The fraction of sp³-hybridized carbons (Fsp3) is 0.423. The van der Waals surface area contributed by atoms with Crippen molar-refractivity contribution in [3.63, 3.8) is 0 Å². The van der Waals surface area contributed by atoms with Crippen molar-refractivity contribution in [3.8, 4) is 0 Å². The molecule has 0 saturated carbocycles. The van der Waals surface area contributed by atoms with E-state index in [4.69, 9.17) is 9.94 Å². The van der Waals surface area contributed by atoms with Crippen LogP contribution in [0.15, 0.2) is 54.6 Å². The van der Waals surface area contributed by atoms with Gasteiger partial charge in [0.25, 0.3) is 5.91 Å². The van der Waals surface area contributed by atoms with Crippen LogP contribution in [0.3, 0.4) is 0 Å². The smallest absolute Gasteiger partial charge is 0.274 e. The van der Waals surface area contributed by atoms with E-state index in [2.05, 4.69) is 54.0 Å². The van der Waals surface area contributed by atoms with Crippen LogP contribution in [0.4, 0.5) is 0 Å². The zero-order chi connectivity index (χ0) is 22.5.